The zero-order valence-corrected chi connectivity index (χ0v) is 11.0. The summed E-state index contributed by atoms with van der Waals surface area (Å²) in [5.41, 5.74) is 0.434. The van der Waals surface area contributed by atoms with Gasteiger partial charge in [-0.25, -0.2) is 4.98 Å². The number of likely N-dealkylation sites (tertiary alicyclic amines) is 1. The van der Waals surface area contributed by atoms with Gasteiger partial charge in [0.05, 0.1) is 0 Å². The molecule has 0 amide bonds. The summed E-state index contributed by atoms with van der Waals surface area (Å²) < 4.78 is 0. The van der Waals surface area contributed by atoms with E-state index in [4.69, 9.17) is 5.26 Å². The monoisotopic (exact) mass is 260 g/mol. The molecule has 1 aromatic rings. The third-order valence-electron chi connectivity index (χ3n) is 3.46. The molecular formula is C14H20N4O. The van der Waals surface area contributed by atoms with Gasteiger partial charge in [0, 0.05) is 26.2 Å². The van der Waals surface area contributed by atoms with Gasteiger partial charge in [-0.3, -0.25) is 0 Å². The van der Waals surface area contributed by atoms with Gasteiger partial charge < -0.3 is 15.3 Å². The first-order valence-corrected chi connectivity index (χ1v) is 6.76. The Morgan fingerprint density at radius 2 is 2.42 bits per heavy atom. The Morgan fingerprint density at radius 3 is 3.21 bits per heavy atom. The number of piperidine rings is 1. The molecule has 1 saturated heterocycles. The normalized spacial score (nSPS) is 19.9. The molecule has 1 atom stereocenters. The smallest absolute Gasteiger partial charge is 0.142 e. The van der Waals surface area contributed by atoms with E-state index in [0.717, 1.165) is 44.8 Å². The first-order chi connectivity index (χ1) is 9.31. The molecule has 0 radical (unpaired) electrons. The van der Waals surface area contributed by atoms with E-state index in [9.17, 15) is 5.11 Å². The first kappa shape index (κ1) is 13.8. The summed E-state index contributed by atoms with van der Waals surface area (Å²) in [7, 11) is 0. The van der Waals surface area contributed by atoms with Gasteiger partial charge in [0.2, 0.25) is 0 Å². The molecule has 5 heteroatoms. The quantitative estimate of drug-likeness (QED) is 0.828. The van der Waals surface area contributed by atoms with Crippen LogP contribution < -0.4 is 5.32 Å². The van der Waals surface area contributed by atoms with E-state index in [0.29, 0.717) is 11.6 Å². The van der Waals surface area contributed by atoms with E-state index in [2.05, 4.69) is 15.2 Å². The minimum atomic E-state index is 0.287. The predicted octanol–water partition coefficient (Wildman–Crippen LogP) is 1.07. The van der Waals surface area contributed by atoms with E-state index >= 15 is 0 Å². The van der Waals surface area contributed by atoms with Crippen molar-refractivity contribution >= 4 is 5.82 Å². The Labute approximate surface area is 113 Å². The van der Waals surface area contributed by atoms with Crippen LogP contribution >= 0.6 is 0 Å². The number of anilines is 1. The fourth-order valence-electron chi connectivity index (χ4n) is 2.44. The molecule has 5 nitrogen and oxygen atoms in total. The van der Waals surface area contributed by atoms with Crippen LogP contribution in [0.2, 0.25) is 0 Å². The SMILES string of the molecule is N#Cc1cccc(NCCN2CCC[C@@H](CO)C2)n1. The van der Waals surface area contributed by atoms with Crippen LogP contribution in [0.1, 0.15) is 18.5 Å². The van der Waals surface area contributed by atoms with Gasteiger partial charge in [-0.1, -0.05) is 6.07 Å². The summed E-state index contributed by atoms with van der Waals surface area (Å²) >= 11 is 0. The fraction of sp³-hybridized carbons (Fsp3) is 0.571. The second-order valence-corrected chi connectivity index (χ2v) is 4.94. The molecule has 1 aromatic heterocycles. The lowest BCUT2D eigenvalue weighted by Crippen LogP contribution is -2.39. The number of aliphatic hydroxyl groups is 1. The molecule has 0 saturated carbocycles. The molecular weight excluding hydrogens is 240 g/mol. The van der Waals surface area contributed by atoms with E-state index in [-0.39, 0.29) is 6.61 Å². The second-order valence-electron chi connectivity index (χ2n) is 4.94. The van der Waals surface area contributed by atoms with Crippen LogP contribution in [0.15, 0.2) is 18.2 Å². The molecule has 102 valence electrons. The summed E-state index contributed by atoms with van der Waals surface area (Å²) in [6, 6.07) is 7.43. The average molecular weight is 260 g/mol. The van der Waals surface area contributed by atoms with Gasteiger partial charge in [0.25, 0.3) is 0 Å². The number of aromatic nitrogens is 1. The molecule has 2 rings (SSSR count). The Bertz CT molecular complexity index is 443. The van der Waals surface area contributed by atoms with E-state index in [1.54, 1.807) is 6.07 Å². The summed E-state index contributed by atoms with van der Waals surface area (Å²) in [4.78, 5) is 6.54. The zero-order chi connectivity index (χ0) is 13.5. The number of rotatable bonds is 5. The number of nitrogens with one attached hydrogen (secondary N) is 1. The molecule has 0 aliphatic carbocycles. The lowest BCUT2D eigenvalue weighted by Gasteiger charge is -2.31. The molecule has 0 bridgehead atoms. The number of hydrogen-bond donors (Lipinski definition) is 2. The van der Waals surface area contributed by atoms with Crippen molar-refractivity contribution in [2.24, 2.45) is 5.92 Å². The highest BCUT2D eigenvalue weighted by Crippen LogP contribution is 2.15. The topological polar surface area (TPSA) is 72.2 Å². The Kier molecular flexibility index (Phi) is 5.13. The zero-order valence-electron chi connectivity index (χ0n) is 11.0. The van der Waals surface area contributed by atoms with Crippen molar-refractivity contribution in [2.75, 3.05) is 38.1 Å². The fourth-order valence-corrected chi connectivity index (χ4v) is 2.44. The van der Waals surface area contributed by atoms with E-state index < -0.39 is 0 Å². The van der Waals surface area contributed by atoms with Gasteiger partial charge >= 0.3 is 0 Å². The number of nitriles is 1. The lowest BCUT2D eigenvalue weighted by molar-refractivity contribution is 0.123. The van der Waals surface area contributed by atoms with Crippen molar-refractivity contribution in [2.45, 2.75) is 12.8 Å². The maximum absolute atomic E-state index is 9.19. The number of nitrogens with zero attached hydrogens (tertiary/aromatic N) is 3. The van der Waals surface area contributed by atoms with Crippen LogP contribution in [0.4, 0.5) is 5.82 Å². The molecule has 0 aromatic carbocycles. The minimum absolute atomic E-state index is 0.287. The van der Waals surface area contributed by atoms with Crippen LogP contribution in [0.5, 0.6) is 0 Å². The molecule has 1 aliphatic heterocycles. The standard InChI is InChI=1S/C14H20N4O/c15-9-13-4-1-5-14(17-13)16-6-8-18-7-2-3-12(10-18)11-19/h1,4-5,12,19H,2-3,6-8,10-11H2,(H,16,17)/t12-/m1/s1. The molecule has 19 heavy (non-hydrogen) atoms. The number of hydrogen-bond acceptors (Lipinski definition) is 5. The molecule has 2 N–H and O–H groups in total. The number of aliphatic hydroxyl groups excluding tert-OH is 1. The molecule has 1 aliphatic rings. The van der Waals surface area contributed by atoms with Crippen LogP contribution in [-0.4, -0.2) is 47.8 Å². The van der Waals surface area contributed by atoms with Crippen LogP contribution in [-0.2, 0) is 0 Å². The Morgan fingerprint density at radius 1 is 1.53 bits per heavy atom. The Balaban J connectivity index is 1.75. The van der Waals surface area contributed by atoms with Gasteiger partial charge in [-0.2, -0.15) is 5.26 Å². The maximum Gasteiger partial charge on any atom is 0.142 e. The van der Waals surface area contributed by atoms with E-state index in [1.165, 1.54) is 0 Å². The lowest BCUT2D eigenvalue weighted by atomic mass is 9.99. The average Bonchev–Trinajstić information content (AvgIpc) is 2.48. The summed E-state index contributed by atoms with van der Waals surface area (Å²) in [6.07, 6.45) is 2.29. The minimum Gasteiger partial charge on any atom is -0.396 e. The van der Waals surface area contributed by atoms with Crippen LogP contribution in [0.3, 0.4) is 0 Å². The van der Waals surface area contributed by atoms with Crippen molar-refractivity contribution in [3.63, 3.8) is 0 Å². The largest absolute Gasteiger partial charge is 0.396 e. The van der Waals surface area contributed by atoms with Crippen molar-refractivity contribution in [3.8, 4) is 6.07 Å². The number of pyridine rings is 1. The summed E-state index contributed by atoms with van der Waals surface area (Å²) in [6.45, 7) is 4.11. The van der Waals surface area contributed by atoms with Crippen molar-refractivity contribution in [1.29, 1.82) is 5.26 Å². The summed E-state index contributed by atoms with van der Waals surface area (Å²) in [5.74, 6) is 1.17. The maximum atomic E-state index is 9.19. The highest BCUT2D eigenvalue weighted by molar-refractivity contribution is 5.38. The van der Waals surface area contributed by atoms with Crippen molar-refractivity contribution < 1.29 is 5.11 Å². The van der Waals surface area contributed by atoms with Gasteiger partial charge in [0.1, 0.15) is 17.6 Å². The van der Waals surface area contributed by atoms with Gasteiger partial charge in [-0.15, -0.1) is 0 Å². The van der Waals surface area contributed by atoms with E-state index in [1.807, 2.05) is 18.2 Å². The van der Waals surface area contributed by atoms with Crippen molar-refractivity contribution in [1.82, 2.24) is 9.88 Å². The van der Waals surface area contributed by atoms with Crippen LogP contribution in [0.25, 0.3) is 0 Å². The molecule has 2 heterocycles. The highest BCUT2D eigenvalue weighted by atomic mass is 16.3. The first-order valence-electron chi connectivity index (χ1n) is 6.76. The van der Waals surface area contributed by atoms with Gasteiger partial charge in [0.15, 0.2) is 0 Å². The Hall–Kier alpha value is -1.64. The molecule has 0 unspecified atom stereocenters. The molecule has 0 spiro atoms. The highest BCUT2D eigenvalue weighted by Gasteiger charge is 2.18. The summed E-state index contributed by atoms with van der Waals surface area (Å²) in [5, 5.41) is 21.2. The molecule has 1 fully saturated rings. The van der Waals surface area contributed by atoms with Crippen molar-refractivity contribution in [3.05, 3.63) is 23.9 Å². The van der Waals surface area contributed by atoms with Crippen LogP contribution in [0, 0.1) is 17.2 Å². The van der Waals surface area contributed by atoms with Gasteiger partial charge in [-0.05, 0) is 37.4 Å². The second kappa shape index (κ2) is 7.07. The predicted molar refractivity (Wildman–Crippen MR) is 73.7 cm³/mol. The third kappa shape index (κ3) is 4.19. The third-order valence-corrected chi connectivity index (χ3v) is 3.46.